The summed E-state index contributed by atoms with van der Waals surface area (Å²) in [6, 6.07) is 8.24. The zero-order valence-corrected chi connectivity index (χ0v) is 12.8. The van der Waals surface area contributed by atoms with Crippen LogP contribution >= 0.6 is 0 Å². The van der Waals surface area contributed by atoms with Gasteiger partial charge in [-0.25, -0.2) is 13.1 Å². The number of carbonyl (C=O) groups excluding carboxylic acids is 1. The second kappa shape index (κ2) is 6.55. The summed E-state index contributed by atoms with van der Waals surface area (Å²) >= 11 is 0. The number of sulfonamides is 1. The van der Waals surface area contributed by atoms with E-state index < -0.39 is 16.1 Å². The van der Waals surface area contributed by atoms with Crippen molar-refractivity contribution in [1.29, 1.82) is 0 Å². The number of hydrogen-bond donors (Lipinski definition) is 2. The first-order valence-corrected chi connectivity index (χ1v) is 8.82. The van der Waals surface area contributed by atoms with Crippen molar-refractivity contribution >= 4 is 15.9 Å². The summed E-state index contributed by atoms with van der Waals surface area (Å²) in [5, 5.41) is 0. The molecule has 1 aliphatic rings. The third-order valence-corrected chi connectivity index (χ3v) is 4.30. The molecular weight excluding hydrogens is 290 g/mol. The maximum Gasteiger partial charge on any atom is 0.244 e. The molecule has 0 bridgehead atoms. The molecule has 116 valence electrons. The van der Waals surface area contributed by atoms with Crippen LogP contribution in [-0.4, -0.2) is 44.6 Å². The summed E-state index contributed by atoms with van der Waals surface area (Å²) in [7, 11) is -3.26. The summed E-state index contributed by atoms with van der Waals surface area (Å²) in [5.74, 6) is -0.166. The van der Waals surface area contributed by atoms with Crippen molar-refractivity contribution < 1.29 is 13.2 Å². The maximum atomic E-state index is 12.4. The molecule has 0 aliphatic carbocycles. The Bertz CT molecular complexity index is 589. The van der Waals surface area contributed by atoms with E-state index in [0.717, 1.165) is 24.7 Å². The van der Waals surface area contributed by atoms with Gasteiger partial charge in [0, 0.05) is 19.1 Å². The highest BCUT2D eigenvalue weighted by molar-refractivity contribution is 7.88. The Morgan fingerprint density at radius 1 is 1.38 bits per heavy atom. The number of nitrogens with one attached hydrogen (secondary N) is 1. The van der Waals surface area contributed by atoms with Gasteiger partial charge in [-0.05, 0) is 18.4 Å². The van der Waals surface area contributed by atoms with Crippen molar-refractivity contribution in [1.82, 2.24) is 9.62 Å². The SMILES string of the molecule is CS(=O)(=O)N[C@@H]1CCCN(C(=O)[C@@H](N)c2ccccc2)C1. The zero-order valence-electron chi connectivity index (χ0n) is 12.0. The molecule has 7 heteroatoms. The lowest BCUT2D eigenvalue weighted by atomic mass is 10.0. The molecule has 1 amide bonds. The maximum absolute atomic E-state index is 12.4. The summed E-state index contributed by atoms with van der Waals surface area (Å²) < 4.78 is 25.1. The standard InChI is InChI=1S/C14H21N3O3S/c1-21(19,20)16-12-8-5-9-17(10-12)14(18)13(15)11-6-3-2-4-7-11/h2-4,6-7,12-13,16H,5,8-10,15H2,1H3/t12-,13+/m1/s1. The van der Waals surface area contributed by atoms with Crippen molar-refractivity contribution in [2.45, 2.75) is 24.9 Å². The molecule has 1 aromatic carbocycles. The quantitative estimate of drug-likeness (QED) is 0.832. The van der Waals surface area contributed by atoms with Gasteiger partial charge >= 0.3 is 0 Å². The Hall–Kier alpha value is -1.44. The molecule has 1 saturated heterocycles. The van der Waals surface area contributed by atoms with E-state index >= 15 is 0 Å². The average Bonchev–Trinajstić information content (AvgIpc) is 2.45. The van der Waals surface area contributed by atoms with Gasteiger partial charge in [0.2, 0.25) is 15.9 Å². The van der Waals surface area contributed by atoms with Crippen LogP contribution < -0.4 is 10.5 Å². The van der Waals surface area contributed by atoms with Gasteiger partial charge in [-0.1, -0.05) is 30.3 Å². The van der Waals surface area contributed by atoms with Crippen LogP contribution in [0.1, 0.15) is 24.4 Å². The van der Waals surface area contributed by atoms with Crippen molar-refractivity contribution in [3.05, 3.63) is 35.9 Å². The smallest absolute Gasteiger partial charge is 0.244 e. The zero-order chi connectivity index (χ0) is 15.5. The summed E-state index contributed by atoms with van der Waals surface area (Å²) in [4.78, 5) is 14.1. The van der Waals surface area contributed by atoms with E-state index in [9.17, 15) is 13.2 Å². The van der Waals surface area contributed by atoms with Gasteiger partial charge in [-0.15, -0.1) is 0 Å². The lowest BCUT2D eigenvalue weighted by molar-refractivity contribution is -0.134. The molecule has 2 rings (SSSR count). The molecule has 6 nitrogen and oxygen atoms in total. The minimum atomic E-state index is -3.26. The van der Waals surface area contributed by atoms with Crippen LogP contribution in [0.4, 0.5) is 0 Å². The van der Waals surface area contributed by atoms with Crippen molar-refractivity contribution in [3.8, 4) is 0 Å². The Labute approximate surface area is 125 Å². The van der Waals surface area contributed by atoms with Crippen LogP contribution in [0.2, 0.25) is 0 Å². The predicted octanol–water partition coefficient (Wildman–Crippen LogP) is 0.227. The summed E-state index contributed by atoms with van der Waals surface area (Å²) in [5.41, 5.74) is 6.78. The first kappa shape index (κ1) is 15.9. The lowest BCUT2D eigenvalue weighted by Gasteiger charge is -2.34. The number of rotatable bonds is 4. The lowest BCUT2D eigenvalue weighted by Crippen LogP contribution is -2.51. The Balaban J connectivity index is 2.02. The van der Waals surface area contributed by atoms with Gasteiger partial charge in [0.1, 0.15) is 6.04 Å². The van der Waals surface area contributed by atoms with Crippen molar-refractivity contribution in [3.63, 3.8) is 0 Å². The van der Waals surface area contributed by atoms with Gasteiger partial charge in [-0.3, -0.25) is 4.79 Å². The molecule has 0 unspecified atom stereocenters. The van der Waals surface area contributed by atoms with E-state index in [1.165, 1.54) is 0 Å². The van der Waals surface area contributed by atoms with E-state index in [0.29, 0.717) is 13.1 Å². The molecule has 1 heterocycles. The Morgan fingerprint density at radius 3 is 2.67 bits per heavy atom. The van der Waals surface area contributed by atoms with E-state index in [2.05, 4.69) is 4.72 Å². The fourth-order valence-corrected chi connectivity index (χ4v) is 3.37. The minimum absolute atomic E-state index is 0.166. The fraction of sp³-hybridized carbons (Fsp3) is 0.500. The van der Waals surface area contributed by atoms with Gasteiger partial charge in [0.25, 0.3) is 0 Å². The van der Waals surface area contributed by atoms with Gasteiger partial charge in [0.15, 0.2) is 0 Å². The fourth-order valence-electron chi connectivity index (χ4n) is 2.58. The third kappa shape index (κ3) is 4.52. The summed E-state index contributed by atoms with van der Waals surface area (Å²) in [6.07, 6.45) is 2.63. The number of benzene rings is 1. The van der Waals surface area contributed by atoms with Gasteiger partial charge in [-0.2, -0.15) is 0 Å². The molecule has 1 fully saturated rings. The van der Waals surface area contributed by atoms with Gasteiger partial charge < -0.3 is 10.6 Å². The highest BCUT2D eigenvalue weighted by Crippen LogP contribution is 2.17. The molecule has 0 radical (unpaired) electrons. The topological polar surface area (TPSA) is 92.5 Å². The predicted molar refractivity (Wildman–Crippen MR) is 81.0 cm³/mol. The number of nitrogens with two attached hydrogens (primary N) is 1. The molecule has 2 atom stereocenters. The van der Waals surface area contributed by atoms with Crippen LogP contribution in [0.25, 0.3) is 0 Å². The van der Waals surface area contributed by atoms with E-state index in [1.807, 2.05) is 30.3 Å². The Kier molecular flexibility index (Phi) is 4.97. The molecule has 1 aliphatic heterocycles. The highest BCUT2D eigenvalue weighted by Gasteiger charge is 2.28. The number of amides is 1. The van der Waals surface area contributed by atoms with Crippen LogP contribution in [0.3, 0.4) is 0 Å². The van der Waals surface area contributed by atoms with E-state index in [1.54, 1.807) is 4.90 Å². The second-order valence-corrected chi connectivity index (χ2v) is 7.18. The largest absolute Gasteiger partial charge is 0.339 e. The molecule has 0 spiro atoms. The number of likely N-dealkylation sites (tertiary alicyclic amines) is 1. The third-order valence-electron chi connectivity index (χ3n) is 3.54. The highest BCUT2D eigenvalue weighted by atomic mass is 32.2. The molecule has 21 heavy (non-hydrogen) atoms. The van der Waals surface area contributed by atoms with Crippen LogP contribution in [0, 0.1) is 0 Å². The molecule has 0 saturated carbocycles. The monoisotopic (exact) mass is 311 g/mol. The average molecular weight is 311 g/mol. The van der Waals surface area contributed by atoms with Gasteiger partial charge in [0.05, 0.1) is 6.26 Å². The number of piperidine rings is 1. The first-order chi connectivity index (χ1) is 9.87. The van der Waals surface area contributed by atoms with Crippen LogP contribution in [-0.2, 0) is 14.8 Å². The number of carbonyl (C=O) groups is 1. The minimum Gasteiger partial charge on any atom is -0.339 e. The van der Waals surface area contributed by atoms with Crippen molar-refractivity contribution in [2.75, 3.05) is 19.3 Å². The summed E-state index contributed by atoms with van der Waals surface area (Å²) in [6.45, 7) is 0.980. The molecule has 1 aromatic rings. The van der Waals surface area contributed by atoms with E-state index in [-0.39, 0.29) is 11.9 Å². The number of hydrogen-bond acceptors (Lipinski definition) is 4. The van der Waals surface area contributed by atoms with E-state index in [4.69, 9.17) is 5.73 Å². The van der Waals surface area contributed by atoms with Crippen LogP contribution in [0.5, 0.6) is 0 Å². The molecular formula is C14H21N3O3S. The normalized spacial score (nSPS) is 21.0. The van der Waals surface area contributed by atoms with Crippen LogP contribution in [0.15, 0.2) is 30.3 Å². The first-order valence-electron chi connectivity index (χ1n) is 6.93. The number of nitrogens with zero attached hydrogens (tertiary/aromatic N) is 1. The van der Waals surface area contributed by atoms with Crippen molar-refractivity contribution in [2.24, 2.45) is 5.73 Å². The Morgan fingerprint density at radius 2 is 2.05 bits per heavy atom. The molecule has 3 N–H and O–H groups in total. The molecule has 0 aromatic heterocycles. The second-order valence-electron chi connectivity index (χ2n) is 5.40.